The van der Waals surface area contributed by atoms with Gasteiger partial charge in [-0.05, 0) is 48.7 Å². The van der Waals surface area contributed by atoms with Crippen LogP contribution in [-0.4, -0.2) is 32.5 Å². The fourth-order valence-corrected chi connectivity index (χ4v) is 4.60. The second kappa shape index (κ2) is 10.5. The molecular formula is C21H16F3N5O4S2. The van der Waals surface area contributed by atoms with Gasteiger partial charge in [0.05, 0.1) is 16.2 Å². The van der Waals surface area contributed by atoms with Crippen LogP contribution in [0.15, 0.2) is 70.1 Å². The minimum absolute atomic E-state index is 0.0197. The molecule has 0 unspecified atom stereocenters. The van der Waals surface area contributed by atoms with E-state index in [-0.39, 0.29) is 38.4 Å². The van der Waals surface area contributed by atoms with Gasteiger partial charge in [0.25, 0.3) is 10.0 Å². The van der Waals surface area contributed by atoms with Gasteiger partial charge in [0, 0.05) is 24.2 Å². The van der Waals surface area contributed by atoms with Crippen LogP contribution < -0.4 is 19.9 Å². The van der Waals surface area contributed by atoms with E-state index >= 15 is 0 Å². The smallest absolute Gasteiger partial charge is 0.455 e. The molecular weight excluding hydrogens is 507 g/mol. The lowest BCUT2D eigenvalue weighted by molar-refractivity contribution is -0.274. The van der Waals surface area contributed by atoms with Crippen LogP contribution in [0.1, 0.15) is 11.1 Å². The number of rotatable bonds is 8. The summed E-state index contributed by atoms with van der Waals surface area (Å²) in [5, 5.41) is 11.3. The van der Waals surface area contributed by atoms with Crippen LogP contribution in [0.5, 0.6) is 17.2 Å². The van der Waals surface area contributed by atoms with Crippen LogP contribution in [0.25, 0.3) is 0 Å². The third-order valence-electron chi connectivity index (χ3n) is 4.21. The van der Waals surface area contributed by atoms with E-state index in [0.717, 1.165) is 35.7 Å². The highest BCUT2D eigenvalue weighted by Crippen LogP contribution is 2.34. The molecule has 0 aliphatic rings. The van der Waals surface area contributed by atoms with Gasteiger partial charge in [0.2, 0.25) is 0 Å². The number of anilines is 1. The molecule has 0 aliphatic carbocycles. The number of aliphatic imine (C=N–C) groups is 1. The molecule has 0 atom stereocenters. The zero-order valence-electron chi connectivity index (χ0n) is 17.8. The van der Waals surface area contributed by atoms with Gasteiger partial charge < -0.3 is 15.2 Å². The summed E-state index contributed by atoms with van der Waals surface area (Å²) in [6, 6.07) is 8.68. The second-order valence-corrected chi connectivity index (χ2v) is 9.07. The maximum absolute atomic E-state index is 12.7. The molecule has 3 aromatic rings. The summed E-state index contributed by atoms with van der Waals surface area (Å²) in [7, 11) is -2.64. The molecule has 0 bridgehead atoms. The molecule has 0 amide bonds. The fraction of sp³-hybridized carbons (Fsp3) is 0.0952. The van der Waals surface area contributed by atoms with Crippen LogP contribution in [0.3, 0.4) is 0 Å². The first-order valence-corrected chi connectivity index (χ1v) is 11.8. The summed E-state index contributed by atoms with van der Waals surface area (Å²) in [6.45, 7) is 0. The number of sulfonamides is 1. The van der Waals surface area contributed by atoms with Crippen LogP contribution in [0, 0.1) is 11.3 Å². The Hall–Kier alpha value is -4.09. The largest absolute Gasteiger partial charge is 0.573 e. The lowest BCUT2D eigenvalue weighted by Gasteiger charge is -2.15. The maximum Gasteiger partial charge on any atom is 0.573 e. The van der Waals surface area contributed by atoms with Gasteiger partial charge in [-0.25, -0.2) is 13.4 Å². The number of ether oxygens (including phenoxy) is 2. The Balaban J connectivity index is 2.00. The molecule has 1 heterocycles. The molecule has 14 heteroatoms. The zero-order valence-corrected chi connectivity index (χ0v) is 19.4. The molecule has 0 aliphatic heterocycles. The number of halogens is 3. The number of hydrogen-bond donors (Lipinski definition) is 2. The predicted octanol–water partition coefficient (Wildman–Crippen LogP) is 4.40. The maximum atomic E-state index is 12.7. The second-order valence-electron chi connectivity index (χ2n) is 6.49. The normalized spacial score (nSPS) is 12.4. The van der Waals surface area contributed by atoms with Crippen molar-refractivity contribution in [2.75, 3.05) is 11.8 Å². The Bertz CT molecular complexity index is 1410. The molecule has 0 radical (unpaired) electrons. The van der Waals surface area contributed by atoms with E-state index in [4.69, 9.17) is 10.5 Å². The third kappa shape index (κ3) is 6.49. The van der Waals surface area contributed by atoms with Gasteiger partial charge >= 0.3 is 6.36 Å². The molecule has 35 heavy (non-hydrogen) atoms. The van der Waals surface area contributed by atoms with E-state index < -0.39 is 22.1 Å². The Labute approximate surface area is 202 Å². The summed E-state index contributed by atoms with van der Waals surface area (Å²) in [6.07, 6.45) is -1.02. The van der Waals surface area contributed by atoms with Crippen molar-refractivity contribution in [2.45, 2.75) is 11.3 Å². The van der Waals surface area contributed by atoms with Crippen molar-refractivity contribution in [1.29, 1.82) is 5.26 Å². The lowest BCUT2D eigenvalue weighted by Crippen LogP contribution is -2.17. The van der Waals surface area contributed by atoms with Crippen LogP contribution >= 0.6 is 11.3 Å². The van der Waals surface area contributed by atoms with Crippen molar-refractivity contribution in [1.82, 2.24) is 4.98 Å². The number of nitrogens with zero attached hydrogens (tertiary/aromatic N) is 3. The molecule has 1 aromatic heterocycles. The van der Waals surface area contributed by atoms with Gasteiger partial charge in [0.1, 0.15) is 23.3 Å². The first-order chi connectivity index (χ1) is 16.6. The van der Waals surface area contributed by atoms with Gasteiger partial charge in [0.15, 0.2) is 5.13 Å². The molecule has 182 valence electrons. The molecule has 3 rings (SSSR count). The first-order valence-electron chi connectivity index (χ1n) is 9.46. The minimum Gasteiger partial charge on any atom is -0.455 e. The molecule has 0 saturated carbocycles. The van der Waals surface area contributed by atoms with Crippen LogP contribution in [0.2, 0.25) is 0 Å². The number of thiazole rings is 1. The van der Waals surface area contributed by atoms with Crippen molar-refractivity contribution >= 4 is 32.2 Å². The third-order valence-corrected chi connectivity index (χ3v) is 6.37. The van der Waals surface area contributed by atoms with Gasteiger partial charge in [-0.3, -0.25) is 9.71 Å². The van der Waals surface area contributed by atoms with Crippen molar-refractivity contribution in [3.63, 3.8) is 0 Å². The molecule has 0 saturated heterocycles. The van der Waals surface area contributed by atoms with Crippen molar-refractivity contribution in [2.24, 2.45) is 10.7 Å². The zero-order chi connectivity index (χ0) is 25.6. The Morgan fingerprint density at radius 1 is 1.26 bits per heavy atom. The number of nitriles is 1. The topological polar surface area (TPSA) is 140 Å². The molecule has 2 aromatic carbocycles. The minimum atomic E-state index is -4.92. The molecule has 0 fully saturated rings. The number of aromatic nitrogens is 1. The van der Waals surface area contributed by atoms with Crippen LogP contribution in [0.4, 0.5) is 18.3 Å². The Morgan fingerprint density at radius 2 is 2.00 bits per heavy atom. The van der Waals surface area contributed by atoms with E-state index in [1.165, 1.54) is 37.5 Å². The Kier molecular flexibility index (Phi) is 7.62. The first kappa shape index (κ1) is 25.5. The van der Waals surface area contributed by atoms with Gasteiger partial charge in [-0.15, -0.1) is 24.5 Å². The highest BCUT2D eigenvalue weighted by Gasteiger charge is 2.31. The lowest BCUT2D eigenvalue weighted by atomic mass is 10.1. The quantitative estimate of drug-likeness (QED) is 0.417. The van der Waals surface area contributed by atoms with Crippen molar-refractivity contribution < 1.29 is 31.1 Å². The number of hydrogen-bond acceptors (Lipinski definition) is 9. The summed E-state index contributed by atoms with van der Waals surface area (Å²) < 4.78 is 75.3. The number of allylic oxidation sites excluding steroid dienone is 1. The standard InChI is InChI=1S/C21H16F3N5O4S2/c1-27-17(6-7-25)16-11-14(33-21(22,23)24)2-4-19(16)32-18-5-3-15(10-13(18)12-26)35(30,31)29-20-28-8-9-34-20/h2-11H,25H2,1H3,(H,28,29). The molecule has 0 spiro atoms. The van der Waals surface area contributed by atoms with Crippen molar-refractivity contribution in [3.8, 4) is 23.3 Å². The summed E-state index contributed by atoms with van der Waals surface area (Å²) >= 11 is 1.08. The number of benzene rings is 2. The van der Waals surface area contributed by atoms with Gasteiger partial charge in [-0.2, -0.15) is 5.26 Å². The fourth-order valence-electron chi connectivity index (χ4n) is 2.79. The molecule has 3 N–H and O–H groups in total. The van der Waals surface area contributed by atoms with Crippen LogP contribution in [-0.2, 0) is 10.0 Å². The van der Waals surface area contributed by atoms with Crippen molar-refractivity contribution in [3.05, 3.63) is 71.4 Å². The summed E-state index contributed by atoms with van der Waals surface area (Å²) in [5.41, 5.74) is 5.52. The van der Waals surface area contributed by atoms with E-state index in [1.54, 1.807) is 5.38 Å². The summed E-state index contributed by atoms with van der Waals surface area (Å²) in [5.74, 6) is -0.550. The van der Waals surface area contributed by atoms with E-state index in [0.29, 0.717) is 0 Å². The SMILES string of the molecule is CN=C(C=CN)c1cc(OC(F)(F)F)ccc1Oc1ccc(S(=O)(=O)Nc2nccs2)cc1C#N. The van der Waals surface area contributed by atoms with E-state index in [2.05, 4.69) is 19.4 Å². The average molecular weight is 524 g/mol. The average Bonchev–Trinajstić information content (AvgIpc) is 3.30. The Morgan fingerprint density at radius 3 is 2.60 bits per heavy atom. The van der Waals surface area contributed by atoms with E-state index in [1.807, 2.05) is 6.07 Å². The van der Waals surface area contributed by atoms with E-state index in [9.17, 15) is 26.9 Å². The highest BCUT2D eigenvalue weighted by molar-refractivity contribution is 7.93. The monoisotopic (exact) mass is 523 g/mol. The number of nitrogens with one attached hydrogen (secondary N) is 1. The highest BCUT2D eigenvalue weighted by atomic mass is 32.2. The molecule has 9 nitrogen and oxygen atoms in total. The number of alkyl halides is 3. The predicted molar refractivity (Wildman–Crippen MR) is 123 cm³/mol. The van der Waals surface area contributed by atoms with Gasteiger partial charge in [-0.1, -0.05) is 0 Å². The summed E-state index contributed by atoms with van der Waals surface area (Å²) in [4.78, 5) is 7.63. The number of nitrogens with two attached hydrogens (primary N) is 1.